The number of rotatable bonds is 2. The summed E-state index contributed by atoms with van der Waals surface area (Å²) in [5.74, 6) is 6.06. The molecule has 1 fully saturated rings. The van der Waals surface area contributed by atoms with Gasteiger partial charge in [-0.3, -0.25) is 4.79 Å². The Bertz CT molecular complexity index is 564. The van der Waals surface area contributed by atoms with Gasteiger partial charge in [-0.25, -0.2) is 0 Å². The van der Waals surface area contributed by atoms with Gasteiger partial charge < -0.3 is 11.1 Å². The Balaban J connectivity index is 2.12. The van der Waals surface area contributed by atoms with Crippen LogP contribution < -0.4 is 11.1 Å². The summed E-state index contributed by atoms with van der Waals surface area (Å²) >= 11 is 0. The van der Waals surface area contributed by atoms with E-state index in [1.165, 1.54) is 0 Å². The fraction of sp³-hybridized carbons (Fsp3) is 0.438. The van der Waals surface area contributed by atoms with Crippen molar-refractivity contribution in [3.05, 3.63) is 29.3 Å². The summed E-state index contributed by atoms with van der Waals surface area (Å²) in [6.45, 7) is 6.56. The summed E-state index contributed by atoms with van der Waals surface area (Å²) < 4.78 is 0. The molecule has 3 nitrogen and oxygen atoms in total. The van der Waals surface area contributed by atoms with Crippen LogP contribution in [-0.2, 0) is 4.79 Å². The first-order chi connectivity index (χ1) is 8.92. The van der Waals surface area contributed by atoms with Crippen molar-refractivity contribution in [3.63, 3.8) is 0 Å². The topological polar surface area (TPSA) is 55.1 Å². The molecule has 1 aromatic carbocycles. The van der Waals surface area contributed by atoms with Crippen LogP contribution in [0.25, 0.3) is 0 Å². The number of hydrogen-bond acceptors (Lipinski definition) is 2. The van der Waals surface area contributed by atoms with E-state index in [-0.39, 0.29) is 17.2 Å². The van der Waals surface area contributed by atoms with Crippen LogP contribution in [0.5, 0.6) is 0 Å². The molecular weight excluding hydrogens is 236 g/mol. The largest absolute Gasteiger partial charge is 0.326 e. The molecule has 0 radical (unpaired) electrons. The van der Waals surface area contributed by atoms with Gasteiger partial charge in [0.15, 0.2) is 0 Å². The monoisotopic (exact) mass is 256 g/mol. The Kier molecular flexibility index (Phi) is 3.64. The van der Waals surface area contributed by atoms with Gasteiger partial charge in [0.05, 0.1) is 6.54 Å². The number of nitrogens with two attached hydrogens (primary N) is 1. The summed E-state index contributed by atoms with van der Waals surface area (Å²) in [5, 5.41) is 2.98. The number of carbonyl (C=O) groups excluding carboxylic acids is 1. The number of hydrogen-bond donors (Lipinski definition) is 2. The average Bonchev–Trinajstić information content (AvgIpc) is 2.95. The molecule has 1 amide bonds. The molecule has 3 heteroatoms. The van der Waals surface area contributed by atoms with Crippen LogP contribution in [0.1, 0.15) is 31.4 Å². The Morgan fingerprint density at radius 1 is 1.47 bits per heavy atom. The molecule has 2 rings (SSSR count). The molecule has 1 unspecified atom stereocenters. The van der Waals surface area contributed by atoms with Crippen LogP contribution in [0.3, 0.4) is 0 Å². The molecule has 0 heterocycles. The highest BCUT2D eigenvalue weighted by Crippen LogP contribution is 2.51. The lowest BCUT2D eigenvalue weighted by atomic mass is 10.1. The van der Waals surface area contributed by atoms with E-state index in [0.717, 1.165) is 23.2 Å². The van der Waals surface area contributed by atoms with Crippen molar-refractivity contribution in [2.45, 2.75) is 27.2 Å². The first-order valence-corrected chi connectivity index (χ1v) is 6.54. The lowest BCUT2D eigenvalue weighted by molar-refractivity contribution is -0.117. The predicted molar refractivity (Wildman–Crippen MR) is 77.6 cm³/mol. The minimum atomic E-state index is 0.105. The zero-order valence-electron chi connectivity index (χ0n) is 11.7. The van der Waals surface area contributed by atoms with E-state index in [0.29, 0.717) is 6.54 Å². The van der Waals surface area contributed by atoms with Crippen molar-refractivity contribution >= 4 is 11.6 Å². The molecule has 1 atom stereocenters. The molecule has 0 spiro atoms. The first kappa shape index (κ1) is 13.6. The second kappa shape index (κ2) is 5.07. The zero-order valence-corrected chi connectivity index (χ0v) is 11.7. The third-order valence-corrected chi connectivity index (χ3v) is 3.51. The van der Waals surface area contributed by atoms with Crippen LogP contribution in [0.4, 0.5) is 5.69 Å². The highest BCUT2D eigenvalue weighted by Gasteiger charge is 2.50. The molecule has 1 aromatic rings. The molecule has 1 aliphatic rings. The van der Waals surface area contributed by atoms with Crippen LogP contribution in [0.2, 0.25) is 0 Å². The van der Waals surface area contributed by atoms with Gasteiger partial charge in [-0.05, 0) is 42.5 Å². The van der Waals surface area contributed by atoms with Crippen LogP contribution >= 0.6 is 0 Å². The minimum Gasteiger partial charge on any atom is -0.326 e. The summed E-state index contributed by atoms with van der Waals surface area (Å²) in [6.07, 6.45) is 0.963. The van der Waals surface area contributed by atoms with E-state index in [9.17, 15) is 4.79 Å². The Labute approximate surface area is 114 Å². The van der Waals surface area contributed by atoms with Gasteiger partial charge in [0.25, 0.3) is 0 Å². The van der Waals surface area contributed by atoms with E-state index >= 15 is 0 Å². The molecule has 100 valence electrons. The Morgan fingerprint density at radius 3 is 2.74 bits per heavy atom. The van der Waals surface area contributed by atoms with E-state index in [2.05, 4.69) is 31.0 Å². The van der Waals surface area contributed by atoms with Crippen LogP contribution in [0.15, 0.2) is 18.2 Å². The Hall–Kier alpha value is -1.79. The fourth-order valence-electron chi connectivity index (χ4n) is 2.22. The molecule has 1 aliphatic carbocycles. The quantitative estimate of drug-likeness (QED) is 0.798. The summed E-state index contributed by atoms with van der Waals surface area (Å²) in [7, 11) is 0. The number of anilines is 1. The number of aryl methyl sites for hydroxylation is 1. The van der Waals surface area contributed by atoms with Gasteiger partial charge in [0.2, 0.25) is 5.91 Å². The van der Waals surface area contributed by atoms with Gasteiger partial charge >= 0.3 is 0 Å². The zero-order chi connectivity index (χ0) is 14.0. The molecule has 1 saturated carbocycles. The number of nitrogens with one attached hydrogen (secondary N) is 1. The molecule has 19 heavy (non-hydrogen) atoms. The SMILES string of the molecule is Cc1cc(C#CCN)cc(NC(=O)C2CC2(C)C)c1. The number of amides is 1. The Morgan fingerprint density at radius 2 is 2.16 bits per heavy atom. The highest BCUT2D eigenvalue weighted by atomic mass is 16.2. The van der Waals surface area contributed by atoms with Crippen molar-refractivity contribution in [3.8, 4) is 11.8 Å². The lowest BCUT2D eigenvalue weighted by Crippen LogP contribution is -2.16. The van der Waals surface area contributed by atoms with Crippen molar-refractivity contribution in [1.82, 2.24) is 0 Å². The highest BCUT2D eigenvalue weighted by molar-refractivity contribution is 5.95. The van der Waals surface area contributed by atoms with Gasteiger partial charge in [-0.2, -0.15) is 0 Å². The standard InChI is InChI=1S/C16H20N2O/c1-11-7-12(5-4-6-17)9-13(8-11)18-15(19)14-10-16(14,2)3/h7-9,14H,6,10,17H2,1-3H3,(H,18,19). The molecule has 0 bridgehead atoms. The minimum absolute atomic E-state index is 0.105. The normalized spacial score (nSPS) is 19.3. The third kappa shape index (κ3) is 3.36. The third-order valence-electron chi connectivity index (χ3n) is 3.51. The predicted octanol–water partition coefficient (Wildman–Crippen LogP) is 2.29. The van der Waals surface area contributed by atoms with E-state index in [1.54, 1.807) is 0 Å². The lowest BCUT2D eigenvalue weighted by Gasteiger charge is -2.08. The summed E-state index contributed by atoms with van der Waals surface area (Å²) in [5.41, 5.74) is 8.29. The van der Waals surface area contributed by atoms with Crippen LogP contribution in [0, 0.1) is 30.1 Å². The summed E-state index contributed by atoms with van der Waals surface area (Å²) in [4.78, 5) is 12.1. The maximum atomic E-state index is 12.1. The summed E-state index contributed by atoms with van der Waals surface area (Å²) in [6, 6.07) is 5.84. The molecule has 3 N–H and O–H groups in total. The van der Waals surface area contributed by atoms with Crippen molar-refractivity contribution in [2.75, 3.05) is 11.9 Å². The number of carbonyl (C=O) groups is 1. The van der Waals surface area contributed by atoms with Gasteiger partial charge in [-0.15, -0.1) is 0 Å². The van der Waals surface area contributed by atoms with Crippen LogP contribution in [-0.4, -0.2) is 12.5 Å². The maximum Gasteiger partial charge on any atom is 0.228 e. The van der Waals surface area contributed by atoms with Gasteiger partial charge in [0.1, 0.15) is 0 Å². The van der Waals surface area contributed by atoms with Crippen molar-refractivity contribution in [2.24, 2.45) is 17.1 Å². The number of benzene rings is 1. The maximum absolute atomic E-state index is 12.1. The van der Waals surface area contributed by atoms with E-state index < -0.39 is 0 Å². The first-order valence-electron chi connectivity index (χ1n) is 6.54. The fourth-order valence-corrected chi connectivity index (χ4v) is 2.22. The second-order valence-corrected chi connectivity index (χ2v) is 5.83. The van der Waals surface area contributed by atoms with Gasteiger partial charge in [-0.1, -0.05) is 25.7 Å². The van der Waals surface area contributed by atoms with Crippen molar-refractivity contribution in [1.29, 1.82) is 0 Å². The van der Waals surface area contributed by atoms with Crippen molar-refractivity contribution < 1.29 is 4.79 Å². The smallest absolute Gasteiger partial charge is 0.228 e. The second-order valence-electron chi connectivity index (χ2n) is 5.83. The molecule has 0 saturated heterocycles. The van der Waals surface area contributed by atoms with E-state index in [4.69, 9.17) is 5.73 Å². The molecule has 0 aromatic heterocycles. The molecule has 0 aliphatic heterocycles. The van der Waals surface area contributed by atoms with E-state index in [1.807, 2.05) is 25.1 Å². The average molecular weight is 256 g/mol. The van der Waals surface area contributed by atoms with Gasteiger partial charge in [0, 0.05) is 17.2 Å². The molecular formula is C16H20N2O.